The Morgan fingerprint density at radius 3 is 2.79 bits per heavy atom. The number of pyridine rings is 1. The third-order valence-electron chi connectivity index (χ3n) is 3.29. The monoisotopic (exact) mass is 269 g/mol. The number of rotatable bonds is 0. The average Bonchev–Trinajstić information content (AvgIpc) is 2.79. The lowest BCUT2D eigenvalue weighted by Crippen LogP contribution is -2.02. The second-order valence-electron chi connectivity index (χ2n) is 4.45. The first-order chi connectivity index (χ1) is 9.24. The van der Waals surface area contributed by atoms with Crippen LogP contribution in [-0.2, 0) is 0 Å². The van der Waals surface area contributed by atoms with Gasteiger partial charge in [0, 0.05) is 10.4 Å². The fraction of sp³-hybridized carbons (Fsp3) is 0. The van der Waals surface area contributed by atoms with Crippen LogP contribution >= 0.6 is 11.6 Å². The van der Waals surface area contributed by atoms with E-state index in [4.69, 9.17) is 16.0 Å². The van der Waals surface area contributed by atoms with Gasteiger partial charge in [0.1, 0.15) is 5.58 Å². The molecule has 0 aliphatic heterocycles. The van der Waals surface area contributed by atoms with Crippen LogP contribution in [0.25, 0.3) is 33.0 Å². The van der Waals surface area contributed by atoms with Crippen molar-refractivity contribution >= 4 is 44.6 Å². The van der Waals surface area contributed by atoms with Crippen LogP contribution in [0.2, 0.25) is 5.02 Å². The first-order valence-corrected chi connectivity index (χ1v) is 6.24. The molecule has 2 aromatic carbocycles. The van der Waals surface area contributed by atoms with Crippen molar-refractivity contribution in [1.82, 2.24) is 4.98 Å². The van der Waals surface area contributed by atoms with E-state index in [1.807, 2.05) is 24.3 Å². The van der Waals surface area contributed by atoms with Crippen LogP contribution in [0.1, 0.15) is 0 Å². The van der Waals surface area contributed by atoms with Crippen LogP contribution in [0.5, 0.6) is 0 Å². The molecule has 0 spiro atoms. The number of hydrogen-bond acceptors (Lipinski definition) is 2. The van der Waals surface area contributed by atoms with Gasteiger partial charge in [-0.15, -0.1) is 0 Å². The van der Waals surface area contributed by atoms with Crippen molar-refractivity contribution in [3.63, 3.8) is 0 Å². The molecule has 19 heavy (non-hydrogen) atoms. The van der Waals surface area contributed by atoms with Crippen molar-refractivity contribution < 1.29 is 4.42 Å². The zero-order chi connectivity index (χ0) is 13.0. The lowest BCUT2D eigenvalue weighted by Gasteiger charge is -1.98. The summed E-state index contributed by atoms with van der Waals surface area (Å²) in [5.74, 6) is 0. The fourth-order valence-electron chi connectivity index (χ4n) is 2.40. The van der Waals surface area contributed by atoms with E-state index in [2.05, 4.69) is 4.98 Å². The van der Waals surface area contributed by atoms with Gasteiger partial charge < -0.3 is 9.40 Å². The summed E-state index contributed by atoms with van der Waals surface area (Å²) in [6, 6.07) is 12.8. The van der Waals surface area contributed by atoms with Gasteiger partial charge in [0.05, 0.1) is 16.4 Å². The molecule has 0 saturated heterocycles. The van der Waals surface area contributed by atoms with E-state index in [1.165, 1.54) is 0 Å². The van der Waals surface area contributed by atoms with E-state index in [0.717, 1.165) is 16.4 Å². The topological polar surface area (TPSA) is 46.0 Å². The van der Waals surface area contributed by atoms with Gasteiger partial charge in [-0.05, 0) is 30.3 Å². The molecule has 3 nitrogen and oxygen atoms in total. The Bertz CT molecular complexity index is 997. The average molecular weight is 270 g/mol. The molecule has 4 aromatic rings. The van der Waals surface area contributed by atoms with Crippen molar-refractivity contribution in [2.75, 3.05) is 0 Å². The predicted octanol–water partition coefficient (Wildman–Crippen LogP) is 4.08. The molecule has 0 atom stereocenters. The highest BCUT2D eigenvalue weighted by Gasteiger charge is 2.13. The van der Waals surface area contributed by atoms with Gasteiger partial charge >= 0.3 is 0 Å². The summed E-state index contributed by atoms with van der Waals surface area (Å²) >= 11 is 5.94. The molecular weight excluding hydrogens is 262 g/mol. The molecule has 92 valence electrons. The summed E-state index contributed by atoms with van der Waals surface area (Å²) in [6.07, 6.45) is 0. The molecule has 0 aliphatic rings. The number of para-hydroxylation sites is 1. The highest BCUT2D eigenvalue weighted by atomic mass is 35.5. The van der Waals surface area contributed by atoms with Crippen molar-refractivity contribution in [3.8, 4) is 0 Å². The minimum Gasteiger partial charge on any atom is -0.450 e. The third kappa shape index (κ3) is 1.42. The smallest absolute Gasteiger partial charge is 0.232 e. The molecule has 4 heteroatoms. The van der Waals surface area contributed by atoms with Crippen LogP contribution in [0.3, 0.4) is 0 Å². The van der Waals surface area contributed by atoms with Crippen LogP contribution in [0.4, 0.5) is 0 Å². The van der Waals surface area contributed by atoms with Gasteiger partial charge in [0.15, 0.2) is 5.58 Å². The fourth-order valence-corrected chi connectivity index (χ4v) is 2.57. The highest BCUT2D eigenvalue weighted by Crippen LogP contribution is 2.27. The number of H-pyrrole nitrogens is 1. The van der Waals surface area contributed by atoms with Gasteiger partial charge in [-0.2, -0.15) is 0 Å². The van der Waals surface area contributed by atoms with E-state index in [0.29, 0.717) is 21.6 Å². The Morgan fingerprint density at radius 2 is 1.89 bits per heavy atom. The van der Waals surface area contributed by atoms with Crippen LogP contribution in [0, 0.1) is 0 Å². The lowest BCUT2D eigenvalue weighted by molar-refractivity contribution is 0.665. The van der Waals surface area contributed by atoms with Crippen LogP contribution < -0.4 is 5.43 Å². The molecule has 0 fully saturated rings. The zero-order valence-electron chi connectivity index (χ0n) is 9.74. The maximum Gasteiger partial charge on any atom is 0.232 e. The number of nitrogens with one attached hydrogen (secondary N) is 1. The minimum absolute atomic E-state index is 0.137. The van der Waals surface area contributed by atoms with Gasteiger partial charge in [-0.3, -0.25) is 4.79 Å². The molecule has 0 unspecified atom stereocenters. The number of benzene rings is 2. The molecule has 0 amide bonds. The highest BCUT2D eigenvalue weighted by molar-refractivity contribution is 6.31. The van der Waals surface area contributed by atoms with Gasteiger partial charge in [0.2, 0.25) is 5.43 Å². The second-order valence-corrected chi connectivity index (χ2v) is 4.88. The lowest BCUT2D eigenvalue weighted by atomic mass is 10.1. The summed E-state index contributed by atoms with van der Waals surface area (Å²) in [5.41, 5.74) is 2.40. The van der Waals surface area contributed by atoms with Gasteiger partial charge in [0.25, 0.3) is 0 Å². The molecule has 0 radical (unpaired) electrons. The Morgan fingerprint density at radius 1 is 1.05 bits per heavy atom. The van der Waals surface area contributed by atoms with Crippen LogP contribution in [-0.4, -0.2) is 4.98 Å². The zero-order valence-corrected chi connectivity index (χ0v) is 10.5. The maximum absolute atomic E-state index is 12.4. The van der Waals surface area contributed by atoms with E-state index in [9.17, 15) is 4.79 Å². The molecule has 4 rings (SSSR count). The van der Waals surface area contributed by atoms with Crippen molar-refractivity contribution in [3.05, 3.63) is 57.7 Å². The number of halogens is 1. The summed E-state index contributed by atoms with van der Waals surface area (Å²) in [5, 5.41) is 1.99. The largest absolute Gasteiger partial charge is 0.450 e. The molecule has 0 aliphatic carbocycles. The van der Waals surface area contributed by atoms with Crippen molar-refractivity contribution in [2.45, 2.75) is 0 Å². The van der Waals surface area contributed by atoms with Gasteiger partial charge in [-0.1, -0.05) is 23.7 Å². The Balaban J connectivity index is 2.33. The first-order valence-electron chi connectivity index (χ1n) is 5.87. The maximum atomic E-state index is 12.4. The van der Waals surface area contributed by atoms with E-state index >= 15 is 0 Å². The second kappa shape index (κ2) is 3.62. The van der Waals surface area contributed by atoms with Gasteiger partial charge in [-0.25, -0.2) is 0 Å². The summed E-state index contributed by atoms with van der Waals surface area (Å²) in [4.78, 5) is 15.7. The molecule has 0 saturated carbocycles. The van der Waals surface area contributed by atoms with E-state index < -0.39 is 0 Å². The first kappa shape index (κ1) is 10.6. The Kier molecular flexibility index (Phi) is 2.03. The number of fused-ring (bicyclic) bond motifs is 4. The molecular formula is C15H8ClNO2. The molecule has 0 bridgehead atoms. The van der Waals surface area contributed by atoms with Crippen molar-refractivity contribution in [1.29, 1.82) is 0 Å². The number of aromatic amines is 1. The third-order valence-corrected chi connectivity index (χ3v) is 3.52. The standard InChI is InChI=1S/C15H8ClNO2/c16-8-5-6-11-10(7-8)14(18)15-13(17-11)9-3-1-2-4-12(9)19-15/h1-7H,(H,17,18). The number of furan rings is 1. The molecule has 1 N–H and O–H groups in total. The SMILES string of the molecule is O=c1c2cc(Cl)ccc2[nH]c2c1oc1ccccc12. The summed E-state index contributed by atoms with van der Waals surface area (Å²) in [6.45, 7) is 0. The normalized spacial score (nSPS) is 11.6. The quantitative estimate of drug-likeness (QED) is 0.523. The summed E-state index contributed by atoms with van der Waals surface area (Å²) < 4.78 is 5.64. The number of hydrogen-bond donors (Lipinski definition) is 1. The van der Waals surface area contributed by atoms with E-state index in [-0.39, 0.29) is 5.43 Å². The van der Waals surface area contributed by atoms with E-state index in [1.54, 1.807) is 18.2 Å². The van der Waals surface area contributed by atoms with Crippen LogP contribution in [0.15, 0.2) is 51.7 Å². The Labute approximate surface area is 112 Å². The molecule has 2 aromatic heterocycles. The molecule has 2 heterocycles. The predicted molar refractivity (Wildman–Crippen MR) is 76.9 cm³/mol. The Hall–Kier alpha value is -2.26. The number of aromatic nitrogens is 1. The summed E-state index contributed by atoms with van der Waals surface area (Å²) in [7, 11) is 0. The van der Waals surface area contributed by atoms with Crippen molar-refractivity contribution in [2.24, 2.45) is 0 Å². The minimum atomic E-state index is -0.137.